The molecule has 3 rings (SSSR count). The van der Waals surface area contributed by atoms with Crippen molar-refractivity contribution in [3.8, 4) is 0 Å². The largest absolute Gasteiger partial charge is 0.387 e. The summed E-state index contributed by atoms with van der Waals surface area (Å²) in [5.41, 5.74) is 3.04. The van der Waals surface area contributed by atoms with Gasteiger partial charge in [-0.25, -0.2) is 0 Å². The normalized spacial score (nSPS) is 18.1. The highest BCUT2D eigenvalue weighted by molar-refractivity contribution is 6.31. The minimum atomic E-state index is -0.816. The minimum absolute atomic E-state index is 0.106. The molecule has 4 nitrogen and oxygen atoms in total. The lowest BCUT2D eigenvalue weighted by atomic mass is 9.95. The average molecular weight is 331 g/mol. The van der Waals surface area contributed by atoms with E-state index in [1.807, 2.05) is 18.2 Å². The van der Waals surface area contributed by atoms with E-state index in [2.05, 4.69) is 22.8 Å². The summed E-state index contributed by atoms with van der Waals surface area (Å²) in [6.45, 7) is 0.823. The van der Waals surface area contributed by atoms with Crippen molar-refractivity contribution in [2.24, 2.45) is 0 Å². The van der Waals surface area contributed by atoms with Crippen molar-refractivity contribution in [1.82, 2.24) is 10.6 Å². The van der Waals surface area contributed by atoms with Gasteiger partial charge in [0.1, 0.15) is 0 Å². The number of hydrogen-bond donors (Lipinski definition) is 3. The van der Waals surface area contributed by atoms with Gasteiger partial charge in [-0.15, -0.1) is 0 Å². The molecule has 1 aliphatic heterocycles. The Bertz CT molecular complexity index is 705. The second-order valence-corrected chi connectivity index (χ2v) is 6.10. The number of carbonyl (C=O) groups is 1. The van der Waals surface area contributed by atoms with Crippen molar-refractivity contribution in [3.63, 3.8) is 0 Å². The summed E-state index contributed by atoms with van der Waals surface area (Å²) >= 11 is 6.05. The lowest BCUT2D eigenvalue weighted by molar-refractivity contribution is -0.123. The molecule has 2 atom stereocenters. The topological polar surface area (TPSA) is 61.4 Å². The van der Waals surface area contributed by atoms with Crippen LogP contribution in [0.25, 0.3) is 0 Å². The van der Waals surface area contributed by atoms with Crippen LogP contribution >= 0.6 is 11.6 Å². The molecule has 0 saturated carbocycles. The van der Waals surface area contributed by atoms with Gasteiger partial charge in [0.2, 0.25) is 5.91 Å². The van der Waals surface area contributed by atoms with Crippen molar-refractivity contribution >= 4 is 17.5 Å². The van der Waals surface area contributed by atoms with Crippen LogP contribution in [0.3, 0.4) is 0 Å². The molecule has 5 heteroatoms. The molecular formula is C18H19ClN2O2. The first-order valence-corrected chi connectivity index (χ1v) is 8.03. The average Bonchev–Trinajstić information content (AvgIpc) is 2.59. The molecule has 1 aliphatic rings. The van der Waals surface area contributed by atoms with E-state index < -0.39 is 6.10 Å². The standard InChI is InChI=1S/C18H19ClN2O2/c19-15-8-4-3-7-14(15)17(22)11-21-18(23)16-9-12-5-1-2-6-13(12)10-20-16/h1-8,16-17,20,22H,9-11H2,(H,21,23)/t16-,17+/m1/s1. The summed E-state index contributed by atoms with van der Waals surface area (Å²) in [5, 5.41) is 16.7. The van der Waals surface area contributed by atoms with Crippen molar-refractivity contribution in [1.29, 1.82) is 0 Å². The van der Waals surface area contributed by atoms with E-state index in [1.165, 1.54) is 11.1 Å². The predicted molar refractivity (Wildman–Crippen MR) is 90.2 cm³/mol. The van der Waals surface area contributed by atoms with E-state index in [9.17, 15) is 9.90 Å². The first kappa shape index (κ1) is 16.0. The van der Waals surface area contributed by atoms with Gasteiger partial charge < -0.3 is 15.7 Å². The molecule has 0 saturated heterocycles. The fraction of sp³-hybridized carbons (Fsp3) is 0.278. The number of aliphatic hydroxyl groups is 1. The molecule has 0 spiro atoms. The molecule has 2 aromatic rings. The Morgan fingerprint density at radius 3 is 2.70 bits per heavy atom. The molecule has 0 bridgehead atoms. The van der Waals surface area contributed by atoms with Crippen LogP contribution in [0.2, 0.25) is 5.02 Å². The molecule has 23 heavy (non-hydrogen) atoms. The molecule has 0 radical (unpaired) electrons. The molecule has 1 amide bonds. The Morgan fingerprint density at radius 2 is 1.91 bits per heavy atom. The van der Waals surface area contributed by atoms with Gasteiger partial charge in [-0.3, -0.25) is 4.79 Å². The summed E-state index contributed by atoms with van der Waals surface area (Å²) in [7, 11) is 0. The van der Waals surface area contributed by atoms with E-state index in [0.29, 0.717) is 23.6 Å². The van der Waals surface area contributed by atoms with Crippen LogP contribution < -0.4 is 10.6 Å². The van der Waals surface area contributed by atoms with Crippen LogP contribution in [0.1, 0.15) is 22.8 Å². The Labute approximate surface area is 140 Å². The quantitative estimate of drug-likeness (QED) is 0.805. The van der Waals surface area contributed by atoms with Gasteiger partial charge in [-0.05, 0) is 23.6 Å². The van der Waals surface area contributed by atoms with Gasteiger partial charge in [-0.1, -0.05) is 54.1 Å². The number of aliphatic hydroxyl groups excluding tert-OH is 1. The van der Waals surface area contributed by atoms with E-state index in [4.69, 9.17) is 11.6 Å². The van der Waals surface area contributed by atoms with Crippen LogP contribution in [-0.2, 0) is 17.8 Å². The molecule has 120 valence electrons. The Balaban J connectivity index is 1.57. The van der Waals surface area contributed by atoms with E-state index in [1.54, 1.807) is 18.2 Å². The first-order valence-electron chi connectivity index (χ1n) is 7.65. The zero-order chi connectivity index (χ0) is 16.2. The zero-order valence-corrected chi connectivity index (χ0v) is 13.4. The highest BCUT2D eigenvalue weighted by Crippen LogP contribution is 2.22. The third-order valence-corrected chi connectivity index (χ3v) is 4.48. The zero-order valence-electron chi connectivity index (χ0n) is 12.6. The lowest BCUT2D eigenvalue weighted by Gasteiger charge is -2.25. The molecule has 0 unspecified atom stereocenters. The van der Waals surface area contributed by atoms with Crippen LogP contribution in [0, 0.1) is 0 Å². The van der Waals surface area contributed by atoms with Gasteiger partial charge >= 0.3 is 0 Å². The van der Waals surface area contributed by atoms with Crippen molar-refractivity contribution < 1.29 is 9.90 Å². The van der Waals surface area contributed by atoms with Crippen LogP contribution in [-0.4, -0.2) is 23.6 Å². The number of benzene rings is 2. The third-order valence-electron chi connectivity index (χ3n) is 4.13. The Morgan fingerprint density at radius 1 is 1.22 bits per heavy atom. The molecule has 3 N–H and O–H groups in total. The van der Waals surface area contributed by atoms with Gasteiger partial charge in [-0.2, -0.15) is 0 Å². The van der Waals surface area contributed by atoms with Gasteiger partial charge in [0.15, 0.2) is 0 Å². The summed E-state index contributed by atoms with van der Waals surface area (Å²) in [5.74, 6) is -0.106. The maximum absolute atomic E-state index is 12.3. The highest BCUT2D eigenvalue weighted by Gasteiger charge is 2.24. The number of nitrogens with one attached hydrogen (secondary N) is 2. The van der Waals surface area contributed by atoms with E-state index >= 15 is 0 Å². The number of halogens is 1. The molecule has 2 aromatic carbocycles. The minimum Gasteiger partial charge on any atom is -0.387 e. The van der Waals surface area contributed by atoms with E-state index in [-0.39, 0.29) is 18.5 Å². The third kappa shape index (κ3) is 3.72. The highest BCUT2D eigenvalue weighted by atomic mass is 35.5. The molecule has 0 fully saturated rings. The van der Waals surface area contributed by atoms with Crippen molar-refractivity contribution in [3.05, 3.63) is 70.2 Å². The molecule has 0 aliphatic carbocycles. The maximum Gasteiger partial charge on any atom is 0.237 e. The molecule has 0 aromatic heterocycles. The molecular weight excluding hydrogens is 312 g/mol. The number of carbonyl (C=O) groups excluding carboxylic acids is 1. The molecule has 1 heterocycles. The SMILES string of the molecule is O=C(NC[C@H](O)c1ccccc1Cl)[C@H]1Cc2ccccc2CN1. The lowest BCUT2D eigenvalue weighted by Crippen LogP contribution is -2.48. The summed E-state index contributed by atoms with van der Waals surface area (Å²) in [6.07, 6.45) is -0.159. The van der Waals surface area contributed by atoms with Gasteiger partial charge in [0, 0.05) is 23.7 Å². The maximum atomic E-state index is 12.3. The second kappa shape index (κ2) is 7.13. The summed E-state index contributed by atoms with van der Waals surface area (Å²) in [4.78, 5) is 12.3. The van der Waals surface area contributed by atoms with Gasteiger partial charge in [0.05, 0.1) is 12.1 Å². The fourth-order valence-electron chi connectivity index (χ4n) is 2.82. The van der Waals surface area contributed by atoms with Crippen LogP contribution in [0.4, 0.5) is 0 Å². The summed E-state index contributed by atoms with van der Waals surface area (Å²) in [6, 6.07) is 14.9. The van der Waals surface area contributed by atoms with Crippen LogP contribution in [0.5, 0.6) is 0 Å². The van der Waals surface area contributed by atoms with Crippen LogP contribution in [0.15, 0.2) is 48.5 Å². The van der Waals surface area contributed by atoms with Crippen molar-refractivity contribution in [2.45, 2.75) is 25.1 Å². The smallest absolute Gasteiger partial charge is 0.237 e. The number of fused-ring (bicyclic) bond motifs is 1. The number of amides is 1. The first-order chi connectivity index (χ1) is 11.1. The Kier molecular flexibility index (Phi) is 4.96. The summed E-state index contributed by atoms with van der Waals surface area (Å²) < 4.78 is 0. The van der Waals surface area contributed by atoms with Gasteiger partial charge in [0.25, 0.3) is 0 Å². The second-order valence-electron chi connectivity index (χ2n) is 5.69. The number of hydrogen-bond acceptors (Lipinski definition) is 3. The number of rotatable bonds is 4. The predicted octanol–water partition coefficient (Wildman–Crippen LogP) is 2.20. The van der Waals surface area contributed by atoms with E-state index in [0.717, 1.165) is 0 Å². The van der Waals surface area contributed by atoms with Crippen molar-refractivity contribution in [2.75, 3.05) is 6.54 Å². The fourth-order valence-corrected chi connectivity index (χ4v) is 3.08. The Hall–Kier alpha value is -1.88. The monoisotopic (exact) mass is 330 g/mol.